The van der Waals surface area contributed by atoms with Gasteiger partial charge < -0.3 is 19.3 Å². The number of methoxy groups -OCH3 is 1. The van der Waals surface area contributed by atoms with Crippen molar-refractivity contribution in [2.24, 2.45) is 4.99 Å². The number of carbonyl (C=O) groups excluding carboxylic acids is 1. The molecule has 1 aliphatic heterocycles. The first-order valence-corrected chi connectivity index (χ1v) is 11.8. The van der Waals surface area contributed by atoms with Crippen LogP contribution in [0.15, 0.2) is 77.8 Å². The summed E-state index contributed by atoms with van der Waals surface area (Å²) in [6, 6.07) is 24.1. The van der Waals surface area contributed by atoms with Crippen LogP contribution in [-0.2, 0) is 4.74 Å². The molecule has 1 aromatic heterocycles. The monoisotopic (exact) mass is 472 g/mol. The average molecular weight is 473 g/mol. The molecule has 0 unspecified atom stereocenters. The normalized spacial score (nSPS) is 13.8. The van der Waals surface area contributed by atoms with Crippen molar-refractivity contribution in [3.63, 3.8) is 0 Å². The Morgan fingerprint density at radius 2 is 1.43 bits per heavy atom. The van der Waals surface area contributed by atoms with Gasteiger partial charge in [-0.2, -0.15) is 4.98 Å². The fourth-order valence-electron chi connectivity index (χ4n) is 3.94. The minimum atomic E-state index is -0.504. The Kier molecular flexibility index (Phi) is 7.34. The van der Waals surface area contributed by atoms with Crippen molar-refractivity contribution in [2.45, 2.75) is 26.4 Å². The van der Waals surface area contributed by atoms with Crippen LogP contribution in [0.25, 0.3) is 0 Å². The highest BCUT2D eigenvalue weighted by Gasteiger charge is 2.27. The minimum absolute atomic E-state index is 0.277. The smallest absolute Gasteiger partial charge is 0.410 e. The summed E-state index contributed by atoms with van der Waals surface area (Å²) in [6.07, 6.45) is -0.277. The van der Waals surface area contributed by atoms with Crippen molar-refractivity contribution in [3.05, 3.63) is 83.9 Å². The van der Waals surface area contributed by atoms with E-state index in [-0.39, 0.29) is 6.09 Å². The Balaban J connectivity index is 1.56. The standard InChI is InChI=1S/C28H32N4O3/c1-28(2,3)35-27(33)32-19-17-31(18-20-32)23-15-16-24(30-26(23)34-4)29-25(21-11-7-5-8-12-21)22-13-9-6-10-14-22/h5-16H,17-20H2,1-4H3. The summed E-state index contributed by atoms with van der Waals surface area (Å²) in [7, 11) is 1.62. The van der Waals surface area contributed by atoms with Gasteiger partial charge in [-0.1, -0.05) is 60.7 Å². The van der Waals surface area contributed by atoms with E-state index < -0.39 is 5.60 Å². The van der Waals surface area contributed by atoms with Crippen LogP contribution in [0.2, 0.25) is 0 Å². The maximum atomic E-state index is 12.4. The molecule has 1 saturated heterocycles. The predicted octanol–water partition coefficient (Wildman–Crippen LogP) is 5.32. The number of amides is 1. The Morgan fingerprint density at radius 3 is 1.94 bits per heavy atom. The van der Waals surface area contributed by atoms with Crippen LogP contribution in [-0.4, -0.2) is 60.6 Å². The van der Waals surface area contributed by atoms with Crippen molar-refractivity contribution in [2.75, 3.05) is 38.2 Å². The number of piperazine rings is 1. The van der Waals surface area contributed by atoms with Gasteiger partial charge in [0.15, 0.2) is 5.82 Å². The topological polar surface area (TPSA) is 67.3 Å². The van der Waals surface area contributed by atoms with Crippen LogP contribution >= 0.6 is 0 Å². The molecule has 3 aromatic rings. The molecule has 0 aliphatic carbocycles. The van der Waals surface area contributed by atoms with Gasteiger partial charge in [0, 0.05) is 37.3 Å². The van der Waals surface area contributed by atoms with Crippen LogP contribution in [0.3, 0.4) is 0 Å². The molecule has 0 saturated carbocycles. The number of benzene rings is 2. The van der Waals surface area contributed by atoms with E-state index in [1.165, 1.54) is 0 Å². The first kappa shape index (κ1) is 24.3. The van der Waals surface area contributed by atoms with E-state index in [1.54, 1.807) is 12.0 Å². The van der Waals surface area contributed by atoms with E-state index in [4.69, 9.17) is 19.5 Å². The minimum Gasteiger partial charge on any atom is -0.479 e. The predicted molar refractivity (Wildman–Crippen MR) is 139 cm³/mol. The van der Waals surface area contributed by atoms with Crippen LogP contribution < -0.4 is 9.64 Å². The van der Waals surface area contributed by atoms with E-state index in [0.717, 1.165) is 22.5 Å². The molecule has 1 aliphatic rings. The summed E-state index contributed by atoms with van der Waals surface area (Å²) in [5, 5.41) is 0. The molecule has 7 nitrogen and oxygen atoms in total. The van der Waals surface area contributed by atoms with E-state index in [2.05, 4.69) is 4.90 Å². The second-order valence-corrected chi connectivity index (χ2v) is 9.34. The first-order valence-electron chi connectivity index (χ1n) is 11.8. The van der Waals surface area contributed by atoms with Crippen LogP contribution in [0.4, 0.5) is 16.3 Å². The summed E-state index contributed by atoms with van der Waals surface area (Å²) >= 11 is 0. The van der Waals surface area contributed by atoms with Gasteiger partial charge >= 0.3 is 6.09 Å². The number of carbonyl (C=O) groups is 1. The number of aliphatic imine (C=N–C) groups is 1. The summed E-state index contributed by atoms with van der Waals surface area (Å²) < 4.78 is 11.2. The average Bonchev–Trinajstić information content (AvgIpc) is 2.87. The quantitative estimate of drug-likeness (QED) is 0.471. The van der Waals surface area contributed by atoms with E-state index in [9.17, 15) is 4.79 Å². The highest BCUT2D eigenvalue weighted by atomic mass is 16.6. The number of hydrogen-bond acceptors (Lipinski definition) is 6. The largest absolute Gasteiger partial charge is 0.479 e. The van der Waals surface area contributed by atoms with E-state index in [0.29, 0.717) is 37.9 Å². The molecule has 0 bridgehead atoms. The Bertz CT molecular complexity index is 1120. The molecule has 2 heterocycles. The SMILES string of the molecule is COc1nc(N=C(c2ccccc2)c2ccccc2)ccc1N1CCN(C(=O)OC(C)(C)C)CC1. The number of anilines is 1. The van der Waals surface area contributed by atoms with Crippen molar-refractivity contribution in [1.29, 1.82) is 0 Å². The molecule has 35 heavy (non-hydrogen) atoms. The fourth-order valence-corrected chi connectivity index (χ4v) is 3.94. The summed E-state index contributed by atoms with van der Waals surface area (Å²) in [6.45, 7) is 8.11. The van der Waals surface area contributed by atoms with Crippen LogP contribution in [0.1, 0.15) is 31.9 Å². The number of hydrogen-bond donors (Lipinski definition) is 0. The summed E-state index contributed by atoms with van der Waals surface area (Å²) in [5.41, 5.74) is 3.26. The van der Waals surface area contributed by atoms with Gasteiger partial charge in [-0.15, -0.1) is 0 Å². The molecule has 182 valence electrons. The Hall–Kier alpha value is -3.87. The lowest BCUT2D eigenvalue weighted by atomic mass is 10.0. The molecular weight excluding hydrogens is 440 g/mol. The zero-order chi connectivity index (χ0) is 24.8. The molecule has 0 N–H and O–H groups in total. The fraction of sp³-hybridized carbons (Fsp3) is 0.321. The van der Waals surface area contributed by atoms with Crippen molar-refractivity contribution in [1.82, 2.24) is 9.88 Å². The van der Waals surface area contributed by atoms with E-state index in [1.807, 2.05) is 93.6 Å². The van der Waals surface area contributed by atoms with Gasteiger partial charge in [0.2, 0.25) is 5.88 Å². The number of rotatable bonds is 5. The third-order valence-corrected chi connectivity index (χ3v) is 5.61. The Labute approximate surface area is 207 Å². The zero-order valence-corrected chi connectivity index (χ0v) is 20.8. The third kappa shape index (κ3) is 6.18. The highest BCUT2D eigenvalue weighted by molar-refractivity contribution is 6.13. The van der Waals surface area contributed by atoms with Gasteiger partial charge in [-0.3, -0.25) is 0 Å². The number of aromatic nitrogens is 1. The molecule has 0 atom stereocenters. The molecule has 2 aromatic carbocycles. The lowest BCUT2D eigenvalue weighted by Crippen LogP contribution is -2.50. The lowest BCUT2D eigenvalue weighted by molar-refractivity contribution is 0.0240. The molecular formula is C28H32N4O3. The van der Waals surface area contributed by atoms with Crippen LogP contribution in [0, 0.1) is 0 Å². The van der Waals surface area contributed by atoms with Gasteiger partial charge in [0.05, 0.1) is 12.8 Å². The molecule has 1 fully saturated rings. The third-order valence-electron chi connectivity index (χ3n) is 5.61. The number of pyridine rings is 1. The maximum Gasteiger partial charge on any atom is 0.410 e. The molecule has 7 heteroatoms. The molecule has 0 radical (unpaired) electrons. The van der Waals surface area contributed by atoms with Crippen molar-refractivity contribution < 1.29 is 14.3 Å². The summed E-state index contributed by atoms with van der Waals surface area (Å²) in [4.78, 5) is 25.9. The van der Waals surface area contributed by atoms with Gasteiger partial charge in [0.25, 0.3) is 0 Å². The number of ether oxygens (including phenoxy) is 2. The van der Waals surface area contributed by atoms with Gasteiger partial charge in [-0.05, 0) is 32.9 Å². The van der Waals surface area contributed by atoms with Gasteiger partial charge in [0.1, 0.15) is 11.3 Å². The molecule has 1 amide bonds. The highest BCUT2D eigenvalue weighted by Crippen LogP contribution is 2.30. The molecule has 4 rings (SSSR count). The zero-order valence-electron chi connectivity index (χ0n) is 20.8. The van der Waals surface area contributed by atoms with E-state index >= 15 is 0 Å². The van der Waals surface area contributed by atoms with Gasteiger partial charge in [-0.25, -0.2) is 9.79 Å². The molecule has 0 spiro atoms. The van der Waals surface area contributed by atoms with Crippen LogP contribution in [0.5, 0.6) is 5.88 Å². The first-order chi connectivity index (χ1) is 16.8. The summed E-state index contributed by atoms with van der Waals surface area (Å²) in [5.74, 6) is 1.08. The second-order valence-electron chi connectivity index (χ2n) is 9.34. The second kappa shape index (κ2) is 10.6. The Morgan fingerprint density at radius 1 is 0.857 bits per heavy atom. The maximum absolute atomic E-state index is 12.4. The lowest BCUT2D eigenvalue weighted by Gasteiger charge is -2.36. The number of nitrogens with zero attached hydrogens (tertiary/aromatic N) is 4. The van der Waals surface area contributed by atoms with Crippen molar-refractivity contribution >= 4 is 23.3 Å². The van der Waals surface area contributed by atoms with Crippen molar-refractivity contribution in [3.8, 4) is 5.88 Å².